The summed E-state index contributed by atoms with van der Waals surface area (Å²) < 4.78 is 6.52. The van der Waals surface area contributed by atoms with Gasteiger partial charge >= 0.3 is 5.97 Å². The van der Waals surface area contributed by atoms with Crippen LogP contribution in [-0.2, 0) is 23.0 Å². The van der Waals surface area contributed by atoms with Crippen LogP contribution < -0.4 is 5.32 Å². The van der Waals surface area contributed by atoms with Gasteiger partial charge in [0.25, 0.3) is 5.91 Å². The maximum absolute atomic E-state index is 13.2. The molecular weight excluding hydrogens is 414 g/mol. The highest BCUT2D eigenvalue weighted by atomic mass is 16.5. The van der Waals surface area contributed by atoms with Crippen molar-refractivity contribution in [1.82, 2.24) is 15.1 Å². The number of esters is 1. The number of aromatic nitrogens is 2. The third kappa shape index (κ3) is 4.95. The quantitative estimate of drug-likeness (QED) is 0.417. The van der Waals surface area contributed by atoms with Crippen LogP contribution in [-0.4, -0.2) is 28.8 Å². The Kier molecular flexibility index (Phi) is 6.54. The molecule has 0 spiro atoms. The molecule has 1 aromatic heterocycles. The summed E-state index contributed by atoms with van der Waals surface area (Å²) in [6, 6.07) is 19.6. The number of aryl methyl sites for hydroxylation is 2. The highest BCUT2D eigenvalue weighted by Crippen LogP contribution is 2.31. The van der Waals surface area contributed by atoms with Crippen LogP contribution in [0.5, 0.6) is 0 Å². The molecule has 168 valence electrons. The van der Waals surface area contributed by atoms with E-state index < -0.39 is 0 Å². The van der Waals surface area contributed by atoms with E-state index in [1.54, 1.807) is 10.7 Å². The third-order valence-electron chi connectivity index (χ3n) is 5.83. The van der Waals surface area contributed by atoms with E-state index in [-0.39, 0.29) is 24.3 Å². The molecule has 3 aromatic carbocycles. The second kappa shape index (κ2) is 9.69. The Hall–Kier alpha value is -3.93. The zero-order valence-electron chi connectivity index (χ0n) is 19.0. The number of ether oxygens (including phenoxy) is 1. The lowest BCUT2D eigenvalue weighted by Crippen LogP contribution is -2.27. The van der Waals surface area contributed by atoms with Crippen LogP contribution in [0.1, 0.15) is 40.9 Å². The van der Waals surface area contributed by atoms with Gasteiger partial charge in [0.2, 0.25) is 0 Å². The van der Waals surface area contributed by atoms with Crippen molar-refractivity contribution in [1.29, 1.82) is 0 Å². The lowest BCUT2D eigenvalue weighted by Gasteiger charge is -2.19. The minimum Gasteiger partial charge on any atom is -0.469 e. The molecule has 1 unspecified atom stereocenters. The van der Waals surface area contributed by atoms with Gasteiger partial charge in [0.1, 0.15) is 0 Å². The molecule has 1 atom stereocenters. The van der Waals surface area contributed by atoms with Gasteiger partial charge in [-0.1, -0.05) is 42.5 Å². The summed E-state index contributed by atoms with van der Waals surface area (Å²) >= 11 is 0. The van der Waals surface area contributed by atoms with E-state index >= 15 is 0 Å². The first-order valence-electron chi connectivity index (χ1n) is 10.9. The fraction of sp³-hybridized carbons (Fsp3) is 0.222. The van der Waals surface area contributed by atoms with Gasteiger partial charge in [-0.3, -0.25) is 14.3 Å². The number of nitrogens with one attached hydrogen (secondary N) is 1. The molecule has 4 aromatic rings. The topological polar surface area (TPSA) is 73.2 Å². The highest BCUT2D eigenvalue weighted by molar-refractivity contribution is 5.97. The molecule has 6 nitrogen and oxygen atoms in total. The van der Waals surface area contributed by atoms with Crippen LogP contribution in [0.25, 0.3) is 21.9 Å². The molecule has 4 rings (SSSR count). The molecule has 0 aliphatic carbocycles. The summed E-state index contributed by atoms with van der Waals surface area (Å²) in [6.07, 6.45) is 4.50. The molecule has 1 heterocycles. The Bertz CT molecular complexity index is 1310. The van der Waals surface area contributed by atoms with Gasteiger partial charge in [0, 0.05) is 30.8 Å². The monoisotopic (exact) mass is 441 g/mol. The minimum absolute atomic E-state index is 0.168. The molecule has 1 amide bonds. The number of carbonyl (C=O) groups is 2. The summed E-state index contributed by atoms with van der Waals surface area (Å²) in [4.78, 5) is 24.8. The van der Waals surface area contributed by atoms with Crippen molar-refractivity contribution >= 4 is 22.6 Å². The minimum atomic E-state index is -0.294. The van der Waals surface area contributed by atoms with Crippen molar-refractivity contribution < 1.29 is 14.3 Å². The van der Waals surface area contributed by atoms with Gasteiger partial charge in [-0.2, -0.15) is 5.10 Å². The number of carbonyl (C=O) groups excluding carboxylic acids is 2. The SMILES string of the molecule is COC(=O)CCc1ccccc1C(=O)NC(C)c1cc(-c2cnn(C)c2)cc2ccccc12. The Morgan fingerprint density at radius 2 is 1.82 bits per heavy atom. The number of hydrogen-bond donors (Lipinski definition) is 1. The summed E-state index contributed by atoms with van der Waals surface area (Å²) in [7, 11) is 3.26. The molecule has 0 saturated heterocycles. The van der Waals surface area contributed by atoms with Crippen molar-refractivity contribution in [3.05, 3.63) is 89.7 Å². The Labute approximate surface area is 193 Å². The Morgan fingerprint density at radius 1 is 1.06 bits per heavy atom. The number of methoxy groups -OCH3 is 1. The van der Waals surface area contributed by atoms with Crippen molar-refractivity contribution in [2.75, 3.05) is 7.11 Å². The van der Waals surface area contributed by atoms with Gasteiger partial charge in [0.15, 0.2) is 0 Å². The van der Waals surface area contributed by atoms with Crippen LogP contribution >= 0.6 is 0 Å². The maximum Gasteiger partial charge on any atom is 0.305 e. The van der Waals surface area contributed by atoms with Crippen LogP contribution in [0, 0.1) is 0 Å². The van der Waals surface area contributed by atoms with E-state index in [4.69, 9.17) is 4.74 Å². The van der Waals surface area contributed by atoms with Crippen LogP contribution in [0.15, 0.2) is 73.1 Å². The Balaban J connectivity index is 1.64. The molecule has 0 aliphatic rings. The van der Waals surface area contributed by atoms with E-state index in [2.05, 4.69) is 34.7 Å². The molecule has 1 N–H and O–H groups in total. The molecule has 0 aliphatic heterocycles. The molecule has 0 bridgehead atoms. The van der Waals surface area contributed by atoms with Crippen LogP contribution in [0.2, 0.25) is 0 Å². The standard InChI is InChI=1S/C27H27N3O3/c1-18(29-27(32)24-11-7-4-8-19(24)12-13-26(31)33-3)25-15-21(22-16-28-30(2)17-22)14-20-9-5-6-10-23(20)25/h4-11,14-18H,12-13H2,1-3H3,(H,29,32). The highest BCUT2D eigenvalue weighted by Gasteiger charge is 2.18. The normalized spacial score (nSPS) is 11.8. The lowest BCUT2D eigenvalue weighted by molar-refractivity contribution is -0.140. The van der Waals surface area contributed by atoms with Gasteiger partial charge in [-0.25, -0.2) is 0 Å². The number of hydrogen-bond acceptors (Lipinski definition) is 4. The van der Waals surface area contributed by atoms with Crippen LogP contribution in [0.4, 0.5) is 0 Å². The first-order chi connectivity index (χ1) is 16.0. The molecule has 6 heteroatoms. The van der Waals surface area contributed by atoms with Crippen molar-refractivity contribution in [2.24, 2.45) is 7.05 Å². The second-order valence-corrected chi connectivity index (χ2v) is 8.12. The summed E-state index contributed by atoms with van der Waals surface area (Å²) in [5.41, 5.74) is 4.50. The van der Waals surface area contributed by atoms with Gasteiger partial charge in [-0.05, 0) is 59.0 Å². The third-order valence-corrected chi connectivity index (χ3v) is 5.83. The fourth-order valence-corrected chi connectivity index (χ4v) is 4.09. The molecular formula is C27H27N3O3. The predicted octanol–water partition coefficient (Wildman–Crippen LogP) is 4.84. The number of rotatable bonds is 7. The number of nitrogens with zero attached hydrogens (tertiary/aromatic N) is 2. The molecule has 0 fully saturated rings. The molecule has 33 heavy (non-hydrogen) atoms. The number of benzene rings is 3. The predicted molar refractivity (Wildman–Crippen MR) is 129 cm³/mol. The zero-order valence-corrected chi connectivity index (χ0v) is 19.0. The number of amides is 1. The summed E-state index contributed by atoms with van der Waals surface area (Å²) in [6.45, 7) is 1.99. The zero-order chi connectivity index (χ0) is 23.4. The first-order valence-corrected chi connectivity index (χ1v) is 10.9. The lowest BCUT2D eigenvalue weighted by atomic mass is 9.94. The first kappa shape index (κ1) is 22.3. The van der Waals surface area contributed by atoms with Crippen molar-refractivity contribution in [2.45, 2.75) is 25.8 Å². The van der Waals surface area contributed by atoms with E-state index in [1.165, 1.54) is 7.11 Å². The summed E-state index contributed by atoms with van der Waals surface area (Å²) in [5.74, 6) is -0.462. The van der Waals surface area contributed by atoms with Gasteiger partial charge < -0.3 is 10.1 Å². The van der Waals surface area contributed by atoms with E-state index in [1.807, 2.05) is 56.7 Å². The van der Waals surface area contributed by atoms with E-state index in [0.717, 1.165) is 33.0 Å². The van der Waals surface area contributed by atoms with Crippen molar-refractivity contribution in [3.63, 3.8) is 0 Å². The van der Waals surface area contributed by atoms with E-state index in [9.17, 15) is 9.59 Å². The average molecular weight is 442 g/mol. The van der Waals surface area contributed by atoms with Crippen LogP contribution in [0.3, 0.4) is 0 Å². The number of fused-ring (bicyclic) bond motifs is 1. The fourth-order valence-electron chi connectivity index (χ4n) is 4.09. The smallest absolute Gasteiger partial charge is 0.305 e. The molecule has 0 saturated carbocycles. The largest absolute Gasteiger partial charge is 0.469 e. The van der Waals surface area contributed by atoms with E-state index in [0.29, 0.717) is 12.0 Å². The Morgan fingerprint density at radius 3 is 2.58 bits per heavy atom. The van der Waals surface area contributed by atoms with Crippen molar-refractivity contribution in [3.8, 4) is 11.1 Å². The average Bonchev–Trinajstić information content (AvgIpc) is 3.28. The summed E-state index contributed by atoms with van der Waals surface area (Å²) in [5, 5.41) is 9.65. The second-order valence-electron chi connectivity index (χ2n) is 8.12. The molecule has 0 radical (unpaired) electrons. The maximum atomic E-state index is 13.2. The van der Waals surface area contributed by atoms with Gasteiger partial charge in [-0.15, -0.1) is 0 Å². The van der Waals surface area contributed by atoms with Gasteiger partial charge in [0.05, 0.1) is 19.3 Å².